The predicted octanol–water partition coefficient (Wildman–Crippen LogP) is 2.18. The van der Waals surface area contributed by atoms with Gasteiger partial charge in [-0.05, 0) is 47.4 Å². The maximum absolute atomic E-state index is 12.8. The molecule has 5 rings (SSSR count). The number of imide groups is 1. The van der Waals surface area contributed by atoms with Crippen molar-refractivity contribution in [1.82, 2.24) is 15.5 Å². The quantitative estimate of drug-likeness (QED) is 0.670. The van der Waals surface area contributed by atoms with E-state index in [-0.39, 0.29) is 37.3 Å². The molecule has 0 saturated carbocycles. The number of piperidine rings is 1. The maximum atomic E-state index is 12.8. The molecule has 34 heavy (non-hydrogen) atoms. The van der Waals surface area contributed by atoms with E-state index in [1.54, 1.807) is 18.2 Å². The highest BCUT2D eigenvalue weighted by molar-refractivity contribution is 6.05. The minimum Gasteiger partial charge on any atom is -0.488 e. The molecule has 3 heterocycles. The van der Waals surface area contributed by atoms with Gasteiger partial charge in [-0.15, -0.1) is 0 Å². The number of nitrogens with one attached hydrogen (secondary N) is 2. The second-order valence-corrected chi connectivity index (χ2v) is 8.53. The number of ether oxygens (including phenoxy) is 1. The van der Waals surface area contributed by atoms with Crippen molar-refractivity contribution in [3.8, 4) is 5.75 Å². The molecule has 2 aromatic rings. The molecule has 1 atom stereocenters. The SMILES string of the molecule is C=Cc1ccc2c(c1)C=C(C(=O)NCc1ccc3c(c1)CN(C1CCC(=O)NC1=O)C3=O)CO2. The first-order valence-corrected chi connectivity index (χ1v) is 11.1. The fourth-order valence-electron chi connectivity index (χ4n) is 4.49. The Morgan fingerprint density at radius 3 is 2.85 bits per heavy atom. The van der Waals surface area contributed by atoms with E-state index >= 15 is 0 Å². The second-order valence-electron chi connectivity index (χ2n) is 8.53. The highest BCUT2D eigenvalue weighted by Crippen LogP contribution is 2.29. The number of carbonyl (C=O) groups excluding carboxylic acids is 4. The van der Waals surface area contributed by atoms with Gasteiger partial charge in [0, 0.05) is 30.6 Å². The van der Waals surface area contributed by atoms with Gasteiger partial charge >= 0.3 is 0 Å². The standard InChI is InChI=1S/C26H23N3O5/c1-2-15-4-7-22-17(9-15)11-19(14-34-22)24(31)27-12-16-3-5-20-18(10-16)13-29(26(20)33)21-6-8-23(30)28-25(21)32/h2-5,7,9-11,21H,1,6,8,12-14H2,(H,27,31)(H,28,30,32). The second kappa shape index (κ2) is 8.62. The molecule has 2 N–H and O–H groups in total. The van der Waals surface area contributed by atoms with E-state index in [4.69, 9.17) is 4.74 Å². The Morgan fingerprint density at radius 1 is 1.21 bits per heavy atom. The smallest absolute Gasteiger partial charge is 0.255 e. The fraction of sp³-hybridized carbons (Fsp3) is 0.231. The third kappa shape index (κ3) is 3.98. The zero-order valence-corrected chi connectivity index (χ0v) is 18.4. The summed E-state index contributed by atoms with van der Waals surface area (Å²) in [5.41, 5.74) is 4.48. The number of rotatable bonds is 5. The van der Waals surface area contributed by atoms with Crippen LogP contribution >= 0.6 is 0 Å². The van der Waals surface area contributed by atoms with Crippen LogP contribution in [0.15, 0.2) is 48.6 Å². The molecule has 1 unspecified atom stereocenters. The van der Waals surface area contributed by atoms with Crippen molar-refractivity contribution in [3.63, 3.8) is 0 Å². The molecule has 0 spiro atoms. The van der Waals surface area contributed by atoms with E-state index in [0.29, 0.717) is 24.1 Å². The van der Waals surface area contributed by atoms with Crippen LogP contribution in [-0.2, 0) is 27.5 Å². The number of hydrogen-bond acceptors (Lipinski definition) is 5. The van der Waals surface area contributed by atoms with Crippen LogP contribution in [0.3, 0.4) is 0 Å². The lowest BCUT2D eigenvalue weighted by atomic mass is 10.0. The van der Waals surface area contributed by atoms with Crippen LogP contribution in [0.5, 0.6) is 5.75 Å². The third-order valence-corrected chi connectivity index (χ3v) is 6.32. The van der Waals surface area contributed by atoms with Gasteiger partial charge in [-0.3, -0.25) is 24.5 Å². The first kappa shape index (κ1) is 21.6. The topological polar surface area (TPSA) is 105 Å². The predicted molar refractivity (Wildman–Crippen MR) is 124 cm³/mol. The van der Waals surface area contributed by atoms with E-state index < -0.39 is 11.9 Å². The molecule has 0 aliphatic carbocycles. The zero-order chi connectivity index (χ0) is 23.8. The molecule has 0 radical (unpaired) electrons. The summed E-state index contributed by atoms with van der Waals surface area (Å²) in [5.74, 6) is -0.467. The van der Waals surface area contributed by atoms with Gasteiger partial charge in [0.2, 0.25) is 11.8 Å². The molecule has 1 saturated heterocycles. The average molecular weight is 457 g/mol. The molecule has 3 aliphatic rings. The van der Waals surface area contributed by atoms with Crippen LogP contribution < -0.4 is 15.4 Å². The van der Waals surface area contributed by atoms with Crippen LogP contribution in [0.2, 0.25) is 0 Å². The lowest BCUT2D eigenvalue weighted by Gasteiger charge is -2.29. The normalized spacial score (nSPS) is 18.9. The molecule has 0 aromatic heterocycles. The first-order chi connectivity index (χ1) is 16.4. The molecule has 0 bridgehead atoms. The van der Waals surface area contributed by atoms with Crippen molar-refractivity contribution >= 4 is 35.8 Å². The van der Waals surface area contributed by atoms with Gasteiger partial charge in [-0.1, -0.05) is 30.9 Å². The fourth-order valence-corrected chi connectivity index (χ4v) is 4.49. The van der Waals surface area contributed by atoms with Gasteiger partial charge < -0.3 is 15.0 Å². The number of amides is 4. The highest BCUT2D eigenvalue weighted by Gasteiger charge is 2.39. The molecule has 4 amide bonds. The Balaban J connectivity index is 1.25. The van der Waals surface area contributed by atoms with Crippen molar-refractivity contribution in [3.05, 3.63) is 76.4 Å². The van der Waals surface area contributed by atoms with Crippen LogP contribution in [0, 0.1) is 0 Å². The molecule has 8 heteroatoms. The van der Waals surface area contributed by atoms with Gasteiger partial charge in [-0.25, -0.2) is 0 Å². The van der Waals surface area contributed by atoms with Crippen LogP contribution in [-0.4, -0.2) is 41.2 Å². The Labute approximate surface area is 196 Å². The van der Waals surface area contributed by atoms with Crippen molar-refractivity contribution in [1.29, 1.82) is 0 Å². The number of benzene rings is 2. The minimum absolute atomic E-state index is 0.186. The van der Waals surface area contributed by atoms with Crippen molar-refractivity contribution in [2.75, 3.05) is 6.61 Å². The summed E-state index contributed by atoms with van der Waals surface area (Å²) in [6.45, 7) is 4.54. The third-order valence-electron chi connectivity index (χ3n) is 6.32. The molecule has 1 fully saturated rings. The van der Waals surface area contributed by atoms with Gasteiger partial charge in [0.05, 0.1) is 5.57 Å². The van der Waals surface area contributed by atoms with Gasteiger partial charge in [0.1, 0.15) is 18.4 Å². The monoisotopic (exact) mass is 457 g/mol. The van der Waals surface area contributed by atoms with Crippen molar-refractivity contribution in [2.45, 2.75) is 32.0 Å². The van der Waals surface area contributed by atoms with E-state index in [2.05, 4.69) is 17.2 Å². The van der Waals surface area contributed by atoms with Crippen LogP contribution in [0.25, 0.3) is 12.2 Å². The molecule has 8 nitrogen and oxygen atoms in total. The van der Waals surface area contributed by atoms with Crippen molar-refractivity contribution < 1.29 is 23.9 Å². The first-order valence-electron chi connectivity index (χ1n) is 11.1. The number of hydrogen-bond donors (Lipinski definition) is 2. The summed E-state index contributed by atoms with van der Waals surface area (Å²) in [5, 5.41) is 5.21. The highest BCUT2D eigenvalue weighted by atomic mass is 16.5. The van der Waals surface area contributed by atoms with Crippen molar-refractivity contribution in [2.24, 2.45) is 0 Å². The van der Waals surface area contributed by atoms with Gasteiger partial charge in [0.25, 0.3) is 11.8 Å². The largest absolute Gasteiger partial charge is 0.488 e. The van der Waals surface area contributed by atoms with E-state index in [1.165, 1.54) is 4.90 Å². The minimum atomic E-state index is -0.650. The molecular weight excluding hydrogens is 434 g/mol. The van der Waals surface area contributed by atoms with Gasteiger partial charge in [-0.2, -0.15) is 0 Å². The summed E-state index contributed by atoms with van der Waals surface area (Å²) < 4.78 is 5.71. The Kier molecular flexibility index (Phi) is 5.49. The molecule has 172 valence electrons. The van der Waals surface area contributed by atoms with E-state index in [0.717, 1.165) is 28.0 Å². The summed E-state index contributed by atoms with van der Waals surface area (Å²) in [6, 6.07) is 10.4. The van der Waals surface area contributed by atoms with E-state index in [1.807, 2.05) is 30.3 Å². The van der Waals surface area contributed by atoms with Crippen LogP contribution in [0.4, 0.5) is 0 Å². The molecule has 3 aliphatic heterocycles. The maximum Gasteiger partial charge on any atom is 0.255 e. The Bertz CT molecular complexity index is 1280. The molecule has 2 aromatic carbocycles. The van der Waals surface area contributed by atoms with E-state index in [9.17, 15) is 19.2 Å². The summed E-state index contributed by atoms with van der Waals surface area (Å²) in [6.07, 6.45) is 4.09. The number of nitrogens with zero attached hydrogens (tertiary/aromatic N) is 1. The van der Waals surface area contributed by atoms with Crippen LogP contribution in [0.1, 0.15) is 45.5 Å². The molecular formula is C26H23N3O5. The Morgan fingerprint density at radius 2 is 2.06 bits per heavy atom. The summed E-state index contributed by atoms with van der Waals surface area (Å²) in [4.78, 5) is 50.7. The number of fused-ring (bicyclic) bond motifs is 2. The lowest BCUT2D eigenvalue weighted by Crippen LogP contribution is -2.52. The zero-order valence-electron chi connectivity index (χ0n) is 18.4. The lowest BCUT2D eigenvalue weighted by molar-refractivity contribution is -0.137. The summed E-state index contributed by atoms with van der Waals surface area (Å²) in [7, 11) is 0. The van der Waals surface area contributed by atoms with Gasteiger partial charge in [0.15, 0.2) is 0 Å². The average Bonchev–Trinajstić information content (AvgIpc) is 3.17. The Hall–Kier alpha value is -4.20. The number of carbonyl (C=O) groups is 4. The summed E-state index contributed by atoms with van der Waals surface area (Å²) >= 11 is 0.